The highest BCUT2D eigenvalue weighted by Crippen LogP contribution is 2.21. The van der Waals surface area contributed by atoms with Crippen molar-refractivity contribution >= 4 is 6.09 Å². The number of piperidine rings is 1. The highest BCUT2D eigenvalue weighted by molar-refractivity contribution is 5.68. The van der Waals surface area contributed by atoms with Gasteiger partial charge in [-0.15, -0.1) is 5.10 Å². The molecule has 122 valence electrons. The molecule has 0 aromatic carbocycles. The number of nitrogens with zero attached hydrogens (tertiary/aromatic N) is 3. The van der Waals surface area contributed by atoms with Crippen LogP contribution in [0.5, 0.6) is 5.88 Å². The fraction of sp³-hybridized carbons (Fsp3) is 0.688. The van der Waals surface area contributed by atoms with Gasteiger partial charge in [0.25, 0.3) is 0 Å². The normalized spacial score (nSPS) is 18.9. The molecule has 6 heteroatoms. The minimum absolute atomic E-state index is 0.0201. The topological polar surface area (TPSA) is 64.5 Å². The maximum atomic E-state index is 12.3. The first-order chi connectivity index (χ1) is 10.3. The molecule has 2 rings (SSSR count). The van der Waals surface area contributed by atoms with Gasteiger partial charge in [-0.3, -0.25) is 0 Å². The van der Waals surface area contributed by atoms with Gasteiger partial charge in [0.15, 0.2) is 0 Å². The number of hydrogen-bond donors (Lipinski definition) is 0. The molecule has 1 fully saturated rings. The average molecular weight is 307 g/mol. The van der Waals surface area contributed by atoms with Crippen LogP contribution in [0.1, 0.15) is 45.7 Å². The first kappa shape index (κ1) is 16.5. The van der Waals surface area contributed by atoms with E-state index >= 15 is 0 Å². The van der Waals surface area contributed by atoms with Crippen LogP contribution < -0.4 is 4.74 Å². The molecule has 2 heterocycles. The molecule has 22 heavy (non-hydrogen) atoms. The number of carbonyl (C=O) groups is 1. The molecule has 0 saturated carbocycles. The second kappa shape index (κ2) is 6.94. The van der Waals surface area contributed by atoms with E-state index in [2.05, 4.69) is 10.2 Å². The van der Waals surface area contributed by atoms with Crippen LogP contribution in [0.2, 0.25) is 0 Å². The van der Waals surface area contributed by atoms with Crippen LogP contribution in [0.25, 0.3) is 0 Å². The highest BCUT2D eigenvalue weighted by atomic mass is 16.6. The van der Waals surface area contributed by atoms with E-state index in [9.17, 15) is 4.79 Å². The van der Waals surface area contributed by atoms with Gasteiger partial charge in [0, 0.05) is 12.6 Å². The van der Waals surface area contributed by atoms with Gasteiger partial charge in [0.05, 0.1) is 11.7 Å². The fourth-order valence-electron chi connectivity index (χ4n) is 2.38. The lowest BCUT2D eigenvalue weighted by Gasteiger charge is -2.36. The Kier molecular flexibility index (Phi) is 5.21. The molecule has 0 radical (unpaired) electrons. The van der Waals surface area contributed by atoms with Crippen molar-refractivity contribution in [2.24, 2.45) is 0 Å². The zero-order chi connectivity index (χ0) is 16.2. The largest absolute Gasteiger partial charge is 0.474 e. The Hall–Kier alpha value is -1.85. The van der Waals surface area contributed by atoms with Gasteiger partial charge < -0.3 is 14.4 Å². The van der Waals surface area contributed by atoms with Crippen molar-refractivity contribution < 1.29 is 14.3 Å². The zero-order valence-electron chi connectivity index (χ0n) is 13.8. The fourth-order valence-corrected chi connectivity index (χ4v) is 2.38. The Bertz CT molecular complexity index is 496. The molecular formula is C16H25N3O3. The molecule has 1 saturated heterocycles. The summed E-state index contributed by atoms with van der Waals surface area (Å²) in [5, 5.41) is 7.95. The maximum Gasteiger partial charge on any atom is 0.410 e. The number of amides is 1. The minimum atomic E-state index is -0.484. The zero-order valence-corrected chi connectivity index (χ0v) is 13.8. The Morgan fingerprint density at radius 2 is 2.09 bits per heavy atom. The average Bonchev–Trinajstić information content (AvgIpc) is 2.45. The van der Waals surface area contributed by atoms with E-state index in [1.54, 1.807) is 11.0 Å². The third-order valence-electron chi connectivity index (χ3n) is 3.45. The number of rotatable bonds is 3. The number of carbonyl (C=O) groups excluding carboxylic acids is 1. The van der Waals surface area contributed by atoms with Crippen molar-refractivity contribution in [2.45, 2.75) is 58.6 Å². The van der Waals surface area contributed by atoms with Gasteiger partial charge in [0.1, 0.15) is 12.2 Å². The summed E-state index contributed by atoms with van der Waals surface area (Å²) in [5.74, 6) is 0.486. The summed E-state index contributed by atoms with van der Waals surface area (Å²) < 4.78 is 11.2. The molecule has 1 aliphatic heterocycles. The predicted octanol–water partition coefficient (Wildman–Crippen LogP) is 2.95. The molecule has 1 aromatic rings. The monoisotopic (exact) mass is 307 g/mol. The first-order valence-corrected chi connectivity index (χ1v) is 7.78. The molecule has 0 spiro atoms. The quantitative estimate of drug-likeness (QED) is 0.859. The summed E-state index contributed by atoms with van der Waals surface area (Å²) in [4.78, 5) is 14.1. The molecule has 0 aliphatic carbocycles. The van der Waals surface area contributed by atoms with Crippen molar-refractivity contribution in [2.75, 3.05) is 13.2 Å². The Balaban J connectivity index is 1.94. The van der Waals surface area contributed by atoms with Crippen LogP contribution in [0.3, 0.4) is 0 Å². The Morgan fingerprint density at radius 3 is 2.73 bits per heavy atom. The standard InChI is InChI=1S/C16H25N3O3/c1-12-8-9-14(18-17-12)21-11-13-7-5-6-10-19(13)15(20)22-16(2,3)4/h8-9,13H,5-7,10-11H2,1-4H3/t13-/m1/s1. The minimum Gasteiger partial charge on any atom is -0.474 e. The van der Waals surface area contributed by atoms with E-state index in [1.165, 1.54) is 0 Å². The van der Waals surface area contributed by atoms with Crippen LogP contribution in [-0.2, 0) is 4.74 Å². The lowest BCUT2D eigenvalue weighted by atomic mass is 10.0. The van der Waals surface area contributed by atoms with Crippen molar-refractivity contribution in [1.82, 2.24) is 15.1 Å². The van der Waals surface area contributed by atoms with Crippen molar-refractivity contribution in [3.05, 3.63) is 17.8 Å². The summed E-state index contributed by atoms with van der Waals surface area (Å²) in [5.41, 5.74) is 0.364. The molecule has 0 unspecified atom stereocenters. The van der Waals surface area contributed by atoms with E-state index in [4.69, 9.17) is 9.47 Å². The van der Waals surface area contributed by atoms with Crippen LogP contribution in [-0.4, -0.2) is 46.0 Å². The van der Waals surface area contributed by atoms with Crippen molar-refractivity contribution in [1.29, 1.82) is 0 Å². The van der Waals surface area contributed by atoms with Crippen molar-refractivity contribution in [3.63, 3.8) is 0 Å². The Labute approximate surface area is 131 Å². The van der Waals surface area contributed by atoms with Gasteiger partial charge in [-0.2, -0.15) is 5.10 Å². The number of aromatic nitrogens is 2. The van der Waals surface area contributed by atoms with Crippen LogP contribution in [0.4, 0.5) is 4.79 Å². The van der Waals surface area contributed by atoms with E-state index in [-0.39, 0.29) is 12.1 Å². The predicted molar refractivity (Wildman–Crippen MR) is 82.8 cm³/mol. The number of ether oxygens (including phenoxy) is 2. The summed E-state index contributed by atoms with van der Waals surface area (Å²) >= 11 is 0. The second-order valence-electron chi connectivity index (χ2n) is 6.65. The maximum absolute atomic E-state index is 12.3. The molecule has 1 amide bonds. The van der Waals surface area contributed by atoms with Crippen molar-refractivity contribution in [3.8, 4) is 5.88 Å². The molecular weight excluding hydrogens is 282 g/mol. The molecule has 1 aromatic heterocycles. The van der Waals surface area contributed by atoms with Crippen LogP contribution in [0, 0.1) is 6.92 Å². The van der Waals surface area contributed by atoms with Gasteiger partial charge >= 0.3 is 6.09 Å². The summed E-state index contributed by atoms with van der Waals surface area (Å²) in [7, 11) is 0. The number of aryl methyl sites for hydroxylation is 1. The molecule has 1 atom stereocenters. The van der Waals surface area contributed by atoms with Crippen LogP contribution >= 0.6 is 0 Å². The number of likely N-dealkylation sites (tertiary alicyclic amines) is 1. The lowest BCUT2D eigenvalue weighted by molar-refractivity contribution is 0.00330. The first-order valence-electron chi connectivity index (χ1n) is 7.78. The summed E-state index contributed by atoms with van der Waals surface area (Å²) in [6.45, 7) is 8.63. The summed E-state index contributed by atoms with van der Waals surface area (Å²) in [6.07, 6.45) is 2.74. The summed E-state index contributed by atoms with van der Waals surface area (Å²) in [6, 6.07) is 3.67. The van der Waals surface area contributed by atoms with Gasteiger partial charge in [-0.05, 0) is 53.0 Å². The van der Waals surface area contributed by atoms with Gasteiger partial charge in [-0.1, -0.05) is 0 Å². The van der Waals surface area contributed by atoms with E-state index in [0.717, 1.165) is 25.0 Å². The SMILES string of the molecule is Cc1ccc(OC[C@H]2CCCCN2C(=O)OC(C)(C)C)nn1. The molecule has 0 N–H and O–H groups in total. The lowest BCUT2D eigenvalue weighted by Crippen LogP contribution is -2.48. The van der Waals surface area contributed by atoms with Crippen LogP contribution in [0.15, 0.2) is 12.1 Å². The van der Waals surface area contributed by atoms with Gasteiger partial charge in [-0.25, -0.2) is 4.79 Å². The van der Waals surface area contributed by atoms with Gasteiger partial charge in [0.2, 0.25) is 5.88 Å². The van der Waals surface area contributed by atoms with E-state index in [1.807, 2.05) is 33.8 Å². The number of hydrogen-bond acceptors (Lipinski definition) is 5. The Morgan fingerprint density at radius 1 is 1.32 bits per heavy atom. The van der Waals surface area contributed by atoms with E-state index in [0.29, 0.717) is 19.0 Å². The molecule has 6 nitrogen and oxygen atoms in total. The third-order valence-corrected chi connectivity index (χ3v) is 3.45. The molecule has 1 aliphatic rings. The molecule has 0 bridgehead atoms. The third kappa shape index (κ3) is 4.86. The smallest absolute Gasteiger partial charge is 0.410 e. The second-order valence-corrected chi connectivity index (χ2v) is 6.65. The highest BCUT2D eigenvalue weighted by Gasteiger charge is 2.30. The van der Waals surface area contributed by atoms with E-state index < -0.39 is 5.60 Å².